The van der Waals surface area contributed by atoms with Crippen molar-refractivity contribution in [3.63, 3.8) is 0 Å². The van der Waals surface area contributed by atoms with E-state index >= 15 is 0 Å². The predicted molar refractivity (Wildman–Crippen MR) is 409 cm³/mol. The molecule has 0 aliphatic rings. The van der Waals surface area contributed by atoms with Gasteiger partial charge in [-0.15, -0.1) is 0 Å². The van der Waals surface area contributed by atoms with E-state index in [-0.39, 0.29) is 26.1 Å². The van der Waals surface area contributed by atoms with Gasteiger partial charge < -0.3 is 43.4 Å². The molecule has 0 saturated carbocycles. The van der Waals surface area contributed by atoms with Crippen LogP contribution in [-0.4, -0.2) is 111 Å². The zero-order chi connectivity index (χ0) is 72.9. The highest BCUT2D eigenvalue weighted by Gasteiger charge is 2.30. The second-order valence-electron chi connectivity index (χ2n) is 26.9. The SMILES string of the molecule is CCCCC/C=C\C/C=C\C/C=C\C/C=C\CCCC(=O)OC[C@H](COP(=O)(O)OC[C@@H](O)COP(=O)(O)OC[C@@H](COCCCCCCCCC/C=C\CCCCCCC=O)OCCCCCCCCC/C=C\CCCCCCC=O)OC(=O)CCCCCCCCCCCCCCC. The summed E-state index contributed by atoms with van der Waals surface area (Å²) in [6.45, 7) is 2.47. The molecule has 0 aliphatic heterocycles. The number of phosphoric acid groups is 2. The Morgan fingerprint density at radius 3 is 1.07 bits per heavy atom. The van der Waals surface area contributed by atoms with E-state index in [1.165, 1.54) is 141 Å². The maximum absolute atomic E-state index is 13.1. The third-order valence-corrected chi connectivity index (χ3v) is 19.1. The van der Waals surface area contributed by atoms with E-state index in [0.29, 0.717) is 45.3 Å². The first-order valence-electron chi connectivity index (χ1n) is 40.1. The fourth-order valence-corrected chi connectivity index (χ4v) is 12.6. The lowest BCUT2D eigenvalue weighted by Gasteiger charge is -2.21. The number of aliphatic hydroxyl groups is 1. The molecular weight excluding hydrogens is 1310 g/mol. The number of phosphoric ester groups is 2. The zero-order valence-electron chi connectivity index (χ0n) is 63.2. The van der Waals surface area contributed by atoms with E-state index in [0.717, 1.165) is 160 Å². The van der Waals surface area contributed by atoms with Crippen LogP contribution in [0.3, 0.4) is 0 Å². The molecule has 0 bridgehead atoms. The molecule has 100 heavy (non-hydrogen) atoms. The predicted octanol–water partition coefficient (Wildman–Crippen LogP) is 22.5. The Bertz CT molecular complexity index is 2110. The number of unbranched alkanes of at least 4 members (excludes halogenated alkanes) is 40. The van der Waals surface area contributed by atoms with Crippen LogP contribution in [0.5, 0.6) is 0 Å². The van der Waals surface area contributed by atoms with E-state index in [2.05, 4.69) is 80.7 Å². The molecule has 5 atom stereocenters. The molecule has 0 amide bonds. The second kappa shape index (κ2) is 76.9. The molecule has 0 fully saturated rings. The first kappa shape index (κ1) is 96.8. The molecule has 17 nitrogen and oxygen atoms in total. The molecule has 0 aliphatic carbocycles. The Hall–Kier alpha value is -3.18. The summed E-state index contributed by atoms with van der Waals surface area (Å²) in [7, 11) is -9.69. The van der Waals surface area contributed by atoms with Gasteiger partial charge in [0.2, 0.25) is 0 Å². The lowest BCUT2D eigenvalue weighted by molar-refractivity contribution is -0.161. The standard InChI is InChI=1S/C81H146O17P2/c1-3-5-7-9-11-13-15-17-18-19-24-30-35-41-47-53-59-65-80(85)93-74-79(98-81(86)66-60-54-48-42-36-29-16-14-12-10-8-6-4-2)76-97-100(89,90)95-72-77(84)71-94-99(87,88)96-75-78(92-70-64-58-52-46-40-34-28-23-21-26-32-38-44-50-56-62-68-83)73-91-69-63-57-51-45-39-33-27-22-20-25-31-37-43-49-55-61-67-82/h11,13,17-18,20-21,24-26,30,41,47,67-68,77-79,84H,3-10,12,14-16,19,22-23,27-29,31-40,42-46,48-66,69-76H2,1-2H3,(H,87,88)(H,89,90)/b13-11-,18-17-,25-20-,26-21-,30-24-,47-41-/t77-,78+,79+/m0/s1. The number of hydrogen-bond acceptors (Lipinski definition) is 15. The summed E-state index contributed by atoms with van der Waals surface area (Å²) < 4.78 is 70.0. The summed E-state index contributed by atoms with van der Waals surface area (Å²) in [5.41, 5.74) is 0. The van der Waals surface area contributed by atoms with Crippen molar-refractivity contribution in [2.75, 3.05) is 52.9 Å². The van der Waals surface area contributed by atoms with Gasteiger partial charge in [-0.2, -0.15) is 0 Å². The minimum atomic E-state index is -4.92. The topological polar surface area (TPSA) is 237 Å². The zero-order valence-corrected chi connectivity index (χ0v) is 65.0. The van der Waals surface area contributed by atoms with Crippen molar-refractivity contribution in [3.8, 4) is 0 Å². The molecule has 3 N–H and O–H groups in total. The second-order valence-corrected chi connectivity index (χ2v) is 29.8. The van der Waals surface area contributed by atoms with Crippen LogP contribution < -0.4 is 0 Å². The number of esters is 2. The Balaban J connectivity index is 5.23. The van der Waals surface area contributed by atoms with Crippen LogP contribution in [0.4, 0.5) is 0 Å². The highest BCUT2D eigenvalue weighted by Crippen LogP contribution is 2.45. The molecule has 0 heterocycles. The van der Waals surface area contributed by atoms with E-state index in [1.54, 1.807) is 0 Å². The molecule has 19 heteroatoms. The first-order chi connectivity index (χ1) is 48.9. The molecule has 0 rings (SSSR count). The van der Waals surface area contributed by atoms with Crippen molar-refractivity contribution < 1.29 is 80.2 Å². The third kappa shape index (κ3) is 76.0. The molecular formula is C81H146O17P2. The van der Waals surface area contributed by atoms with Gasteiger partial charge in [0.05, 0.1) is 33.0 Å². The highest BCUT2D eigenvalue weighted by molar-refractivity contribution is 7.47. The maximum Gasteiger partial charge on any atom is 0.472 e. The number of aliphatic hydroxyl groups excluding tert-OH is 1. The fourth-order valence-electron chi connectivity index (χ4n) is 11.0. The van der Waals surface area contributed by atoms with Gasteiger partial charge in [-0.05, 0) is 128 Å². The summed E-state index contributed by atoms with van der Waals surface area (Å²) in [5.74, 6) is -1.09. The molecule has 0 aromatic rings. The molecule has 0 spiro atoms. The van der Waals surface area contributed by atoms with Crippen molar-refractivity contribution in [1.29, 1.82) is 0 Å². The Labute approximate surface area is 609 Å². The van der Waals surface area contributed by atoms with Gasteiger partial charge >= 0.3 is 27.6 Å². The number of hydrogen-bond donors (Lipinski definition) is 3. The smallest absolute Gasteiger partial charge is 0.462 e. The summed E-state index contributed by atoms with van der Waals surface area (Å²) in [6.07, 6.45) is 78.6. The van der Waals surface area contributed by atoms with Gasteiger partial charge in [-0.1, -0.05) is 267 Å². The molecule has 2 unspecified atom stereocenters. The van der Waals surface area contributed by atoms with Gasteiger partial charge in [0.25, 0.3) is 0 Å². The molecule has 0 aromatic heterocycles. The Morgan fingerprint density at radius 1 is 0.330 bits per heavy atom. The average molecular weight is 1450 g/mol. The van der Waals surface area contributed by atoms with Crippen LogP contribution >= 0.6 is 15.6 Å². The summed E-state index contributed by atoms with van der Waals surface area (Å²) in [5, 5.41) is 10.6. The lowest BCUT2D eigenvalue weighted by Crippen LogP contribution is -2.30. The number of ether oxygens (including phenoxy) is 4. The summed E-state index contributed by atoms with van der Waals surface area (Å²) in [6, 6.07) is 0. The average Bonchev–Trinajstić information content (AvgIpc) is 0.956. The monoisotopic (exact) mass is 1450 g/mol. The van der Waals surface area contributed by atoms with Crippen LogP contribution in [0.25, 0.3) is 0 Å². The minimum Gasteiger partial charge on any atom is -0.462 e. The number of rotatable bonds is 80. The molecule has 0 radical (unpaired) electrons. The van der Waals surface area contributed by atoms with Crippen molar-refractivity contribution in [2.45, 2.75) is 366 Å². The summed E-state index contributed by atoms with van der Waals surface area (Å²) >= 11 is 0. The van der Waals surface area contributed by atoms with Crippen molar-refractivity contribution >= 4 is 40.2 Å². The van der Waals surface area contributed by atoms with Gasteiger partial charge in [0, 0.05) is 38.9 Å². The third-order valence-electron chi connectivity index (χ3n) is 17.2. The largest absolute Gasteiger partial charge is 0.472 e. The first-order valence-corrected chi connectivity index (χ1v) is 43.1. The Morgan fingerprint density at radius 2 is 0.640 bits per heavy atom. The lowest BCUT2D eigenvalue weighted by atomic mass is 10.0. The highest BCUT2D eigenvalue weighted by atomic mass is 31.2. The molecule has 0 saturated heterocycles. The van der Waals surface area contributed by atoms with Crippen molar-refractivity contribution in [2.24, 2.45) is 0 Å². The van der Waals surface area contributed by atoms with Crippen LogP contribution in [0, 0.1) is 0 Å². The van der Waals surface area contributed by atoms with E-state index in [1.807, 2.05) is 6.08 Å². The number of carbonyl (C=O) groups excluding carboxylic acids is 4. The van der Waals surface area contributed by atoms with E-state index in [9.17, 15) is 43.2 Å². The van der Waals surface area contributed by atoms with Crippen LogP contribution in [-0.2, 0) is 65.4 Å². The van der Waals surface area contributed by atoms with Crippen LogP contribution in [0.15, 0.2) is 72.9 Å². The number of aldehydes is 2. The minimum absolute atomic E-state index is 0.109. The van der Waals surface area contributed by atoms with Crippen LogP contribution in [0.1, 0.15) is 348 Å². The fraction of sp³-hybridized carbons (Fsp3) is 0.802. The van der Waals surface area contributed by atoms with Crippen molar-refractivity contribution in [1.82, 2.24) is 0 Å². The number of allylic oxidation sites excluding steroid dienone is 12. The molecule has 0 aromatic carbocycles. The maximum atomic E-state index is 13.1. The van der Waals surface area contributed by atoms with Gasteiger partial charge in [0.15, 0.2) is 6.10 Å². The van der Waals surface area contributed by atoms with Crippen molar-refractivity contribution in [3.05, 3.63) is 72.9 Å². The van der Waals surface area contributed by atoms with Crippen LogP contribution in [0.2, 0.25) is 0 Å². The van der Waals surface area contributed by atoms with Gasteiger partial charge in [-0.25, -0.2) is 9.13 Å². The van der Waals surface area contributed by atoms with Gasteiger partial charge in [-0.3, -0.25) is 27.7 Å². The quantitative estimate of drug-likeness (QED) is 0.0169. The van der Waals surface area contributed by atoms with E-state index < -0.39 is 72.3 Å². The van der Waals surface area contributed by atoms with E-state index in [4.69, 9.17) is 37.0 Å². The number of carbonyl (C=O) groups is 4. The Kier molecular flexibility index (Phi) is 74.5. The van der Waals surface area contributed by atoms with Gasteiger partial charge in [0.1, 0.15) is 31.4 Å². The molecule has 582 valence electrons. The summed E-state index contributed by atoms with van der Waals surface area (Å²) in [4.78, 5) is 68.0. The normalized spacial score (nSPS) is 14.3.